The first-order valence-corrected chi connectivity index (χ1v) is 6.71. The summed E-state index contributed by atoms with van der Waals surface area (Å²) in [5.41, 5.74) is 1.58. The molecule has 1 unspecified atom stereocenters. The van der Waals surface area contributed by atoms with E-state index in [4.69, 9.17) is 16.3 Å². The number of H-pyrrole nitrogens is 1. The molecular weight excluding hydrogens is 278 g/mol. The third kappa shape index (κ3) is 1.92. The maximum absolute atomic E-state index is 11.6. The molecule has 2 N–H and O–H groups in total. The number of carbonyl (C=O) groups excluding carboxylic acids is 1. The van der Waals surface area contributed by atoms with E-state index in [9.17, 15) is 9.90 Å². The lowest BCUT2D eigenvalue weighted by Gasteiger charge is -2.23. The number of rotatable bonds is 2. The SMILES string of the molecule is COC(=O)c1cc2c([nH]1)CCC2(O)c1cccc(Cl)c1. The summed E-state index contributed by atoms with van der Waals surface area (Å²) >= 11 is 6.00. The average Bonchev–Trinajstić information content (AvgIpc) is 3.00. The smallest absolute Gasteiger partial charge is 0.354 e. The minimum atomic E-state index is -1.11. The molecule has 1 aromatic carbocycles. The van der Waals surface area contributed by atoms with Crippen LogP contribution in [0.5, 0.6) is 0 Å². The summed E-state index contributed by atoms with van der Waals surface area (Å²) in [5.74, 6) is -0.437. The van der Waals surface area contributed by atoms with E-state index < -0.39 is 11.6 Å². The molecule has 1 aromatic heterocycles. The maximum atomic E-state index is 11.6. The fourth-order valence-electron chi connectivity index (χ4n) is 2.77. The van der Waals surface area contributed by atoms with Crippen LogP contribution in [0.25, 0.3) is 0 Å². The van der Waals surface area contributed by atoms with Gasteiger partial charge in [-0.05, 0) is 36.6 Å². The summed E-state index contributed by atoms with van der Waals surface area (Å²) < 4.78 is 4.69. The molecule has 0 radical (unpaired) electrons. The van der Waals surface area contributed by atoms with Gasteiger partial charge in [0.05, 0.1) is 7.11 Å². The van der Waals surface area contributed by atoms with Crippen molar-refractivity contribution in [2.75, 3.05) is 7.11 Å². The third-order valence-corrected chi connectivity index (χ3v) is 4.02. The second-order valence-corrected chi connectivity index (χ2v) is 5.37. The van der Waals surface area contributed by atoms with E-state index >= 15 is 0 Å². The fraction of sp³-hybridized carbons (Fsp3) is 0.267. The van der Waals surface area contributed by atoms with Crippen LogP contribution < -0.4 is 0 Å². The largest absolute Gasteiger partial charge is 0.464 e. The van der Waals surface area contributed by atoms with E-state index in [0.717, 1.165) is 16.8 Å². The van der Waals surface area contributed by atoms with Gasteiger partial charge < -0.3 is 14.8 Å². The highest BCUT2D eigenvalue weighted by Gasteiger charge is 2.40. The lowest BCUT2D eigenvalue weighted by atomic mass is 9.89. The van der Waals surface area contributed by atoms with Crippen molar-refractivity contribution in [3.63, 3.8) is 0 Å². The van der Waals surface area contributed by atoms with Crippen molar-refractivity contribution >= 4 is 17.6 Å². The minimum absolute atomic E-state index is 0.359. The Hall–Kier alpha value is -1.78. The normalized spacial score (nSPS) is 20.8. The first kappa shape index (κ1) is 13.2. The van der Waals surface area contributed by atoms with E-state index in [2.05, 4.69) is 4.98 Å². The van der Waals surface area contributed by atoms with Crippen LogP contribution in [0.3, 0.4) is 0 Å². The van der Waals surface area contributed by atoms with Gasteiger partial charge >= 0.3 is 5.97 Å². The number of halogens is 1. The number of methoxy groups -OCH3 is 1. The van der Waals surface area contributed by atoms with Crippen molar-refractivity contribution in [3.8, 4) is 0 Å². The highest BCUT2D eigenvalue weighted by atomic mass is 35.5. The first-order valence-electron chi connectivity index (χ1n) is 6.33. The number of ether oxygens (including phenoxy) is 1. The van der Waals surface area contributed by atoms with Gasteiger partial charge in [0, 0.05) is 16.3 Å². The molecule has 104 valence electrons. The molecular formula is C15H14ClNO3. The second-order valence-electron chi connectivity index (χ2n) is 4.94. The number of nitrogens with one attached hydrogen (secondary N) is 1. The fourth-order valence-corrected chi connectivity index (χ4v) is 2.96. The van der Waals surface area contributed by atoms with Crippen molar-refractivity contribution in [1.29, 1.82) is 0 Å². The summed E-state index contributed by atoms with van der Waals surface area (Å²) in [7, 11) is 1.33. The molecule has 0 bridgehead atoms. The Kier molecular flexibility index (Phi) is 3.07. The zero-order valence-corrected chi connectivity index (χ0v) is 11.7. The first-order chi connectivity index (χ1) is 9.54. The topological polar surface area (TPSA) is 62.3 Å². The number of aliphatic hydroxyl groups is 1. The molecule has 1 aliphatic rings. The average molecular weight is 292 g/mol. The minimum Gasteiger partial charge on any atom is -0.464 e. The van der Waals surface area contributed by atoms with Crippen molar-refractivity contribution in [1.82, 2.24) is 4.98 Å². The number of hydrogen-bond acceptors (Lipinski definition) is 3. The maximum Gasteiger partial charge on any atom is 0.354 e. The molecule has 1 atom stereocenters. The van der Waals surface area contributed by atoms with Crippen LogP contribution in [-0.4, -0.2) is 23.2 Å². The standard InChI is InChI=1S/C15H14ClNO3/c1-20-14(18)13-8-11-12(17-13)5-6-15(11,19)9-3-2-4-10(16)7-9/h2-4,7-8,17,19H,5-6H2,1H3. The molecule has 0 aliphatic heterocycles. The van der Waals surface area contributed by atoms with Gasteiger partial charge in [-0.3, -0.25) is 0 Å². The molecule has 0 fully saturated rings. The van der Waals surface area contributed by atoms with Gasteiger partial charge in [0.1, 0.15) is 11.3 Å². The predicted molar refractivity (Wildman–Crippen MR) is 74.9 cm³/mol. The number of esters is 1. The molecule has 5 heteroatoms. The van der Waals surface area contributed by atoms with Gasteiger partial charge in [-0.25, -0.2) is 4.79 Å². The monoisotopic (exact) mass is 291 g/mol. The third-order valence-electron chi connectivity index (χ3n) is 3.79. The Balaban J connectivity index is 2.07. The van der Waals surface area contributed by atoms with Crippen molar-refractivity contribution in [3.05, 3.63) is 57.9 Å². The van der Waals surface area contributed by atoms with E-state index in [0.29, 0.717) is 23.6 Å². The van der Waals surface area contributed by atoms with Gasteiger partial charge in [-0.2, -0.15) is 0 Å². The molecule has 2 aromatic rings. The van der Waals surface area contributed by atoms with E-state index in [1.165, 1.54) is 7.11 Å². The summed E-state index contributed by atoms with van der Waals surface area (Å²) in [6.45, 7) is 0. The Labute approximate surface area is 121 Å². The highest BCUT2D eigenvalue weighted by Crippen LogP contribution is 2.42. The van der Waals surface area contributed by atoms with Gasteiger partial charge in [0.25, 0.3) is 0 Å². The molecule has 20 heavy (non-hydrogen) atoms. The van der Waals surface area contributed by atoms with Crippen molar-refractivity contribution in [2.24, 2.45) is 0 Å². The van der Waals surface area contributed by atoms with Crippen LogP contribution in [0.2, 0.25) is 5.02 Å². The molecule has 3 rings (SSSR count). The second kappa shape index (κ2) is 4.65. The van der Waals surface area contributed by atoms with Gasteiger partial charge in [-0.15, -0.1) is 0 Å². The summed E-state index contributed by atoms with van der Waals surface area (Å²) in [6.07, 6.45) is 1.24. The van der Waals surface area contributed by atoms with Crippen LogP contribution in [0.1, 0.15) is 33.7 Å². The van der Waals surface area contributed by atoms with Crippen LogP contribution >= 0.6 is 11.6 Å². The molecule has 4 nitrogen and oxygen atoms in total. The van der Waals surface area contributed by atoms with Crippen molar-refractivity contribution in [2.45, 2.75) is 18.4 Å². The molecule has 0 saturated heterocycles. The van der Waals surface area contributed by atoms with E-state index in [1.54, 1.807) is 18.2 Å². The lowest BCUT2D eigenvalue weighted by Crippen LogP contribution is -2.23. The Bertz CT molecular complexity index is 680. The zero-order chi connectivity index (χ0) is 14.3. The van der Waals surface area contributed by atoms with Gasteiger partial charge in [-0.1, -0.05) is 23.7 Å². The van der Waals surface area contributed by atoms with Crippen LogP contribution in [-0.2, 0) is 16.8 Å². The molecule has 1 aliphatic carbocycles. The Morgan fingerprint density at radius 2 is 2.25 bits per heavy atom. The van der Waals surface area contributed by atoms with Crippen molar-refractivity contribution < 1.29 is 14.6 Å². The number of aromatic amines is 1. The van der Waals surface area contributed by atoms with E-state index in [1.807, 2.05) is 12.1 Å². The number of aromatic nitrogens is 1. The number of hydrogen-bond donors (Lipinski definition) is 2. The van der Waals surface area contributed by atoms with Crippen LogP contribution in [0.4, 0.5) is 0 Å². The number of fused-ring (bicyclic) bond motifs is 1. The lowest BCUT2D eigenvalue weighted by molar-refractivity contribution is 0.0593. The summed E-state index contributed by atoms with van der Waals surface area (Å²) in [4.78, 5) is 14.6. The molecule has 0 amide bonds. The molecule has 0 saturated carbocycles. The highest BCUT2D eigenvalue weighted by molar-refractivity contribution is 6.30. The predicted octanol–water partition coefficient (Wildman–Crippen LogP) is 2.64. The summed E-state index contributed by atoms with van der Waals surface area (Å²) in [6, 6.07) is 8.82. The Morgan fingerprint density at radius 1 is 1.45 bits per heavy atom. The summed E-state index contributed by atoms with van der Waals surface area (Å²) in [5, 5.41) is 11.6. The quantitative estimate of drug-likeness (QED) is 0.836. The van der Waals surface area contributed by atoms with Gasteiger partial charge in [0.2, 0.25) is 0 Å². The Morgan fingerprint density at radius 3 is 2.95 bits per heavy atom. The molecule has 0 spiro atoms. The number of aryl methyl sites for hydroxylation is 1. The van der Waals surface area contributed by atoms with Crippen LogP contribution in [0.15, 0.2) is 30.3 Å². The zero-order valence-electron chi connectivity index (χ0n) is 10.9. The number of benzene rings is 1. The van der Waals surface area contributed by atoms with Gasteiger partial charge in [0.15, 0.2) is 0 Å². The number of carbonyl (C=O) groups is 1. The molecule has 1 heterocycles. The van der Waals surface area contributed by atoms with Crippen LogP contribution in [0, 0.1) is 0 Å². The van der Waals surface area contributed by atoms with E-state index in [-0.39, 0.29) is 0 Å².